The molecule has 0 saturated carbocycles. The number of aryl methyl sites for hydroxylation is 1. The predicted octanol–water partition coefficient (Wildman–Crippen LogP) is 4.76. The molecular weight excluding hydrogens is 428 g/mol. The summed E-state index contributed by atoms with van der Waals surface area (Å²) in [5.41, 5.74) is 4.57. The number of rotatable bonds is 6. The van der Waals surface area contributed by atoms with Crippen LogP contribution in [0.25, 0.3) is 5.69 Å². The molecule has 2 aromatic carbocycles. The number of aromatic nitrogens is 4. The van der Waals surface area contributed by atoms with Crippen LogP contribution in [0.5, 0.6) is 0 Å². The number of hydrogen-bond donors (Lipinski definition) is 1. The molecule has 9 heteroatoms. The molecule has 0 bridgehead atoms. The van der Waals surface area contributed by atoms with Crippen molar-refractivity contribution in [1.29, 1.82) is 5.26 Å². The molecule has 7 nitrogen and oxygen atoms in total. The van der Waals surface area contributed by atoms with Crippen LogP contribution < -0.4 is 5.32 Å². The van der Waals surface area contributed by atoms with Gasteiger partial charge in [0.25, 0.3) is 5.91 Å². The molecule has 2 aromatic heterocycles. The summed E-state index contributed by atoms with van der Waals surface area (Å²) in [5.74, 6) is 0.452. The lowest BCUT2D eigenvalue weighted by Gasteiger charge is -2.05. The molecule has 0 aliphatic carbocycles. The van der Waals surface area contributed by atoms with Gasteiger partial charge in [-0.3, -0.25) is 10.1 Å². The fourth-order valence-corrected chi connectivity index (χ4v) is 4.79. The smallest absolute Gasteiger partial charge is 0.261 e. The zero-order valence-electron chi connectivity index (χ0n) is 16.9. The Kier molecular flexibility index (Phi) is 6.11. The second-order valence-corrected chi connectivity index (χ2v) is 8.92. The fourth-order valence-electron chi connectivity index (χ4n) is 3.09. The molecule has 2 heterocycles. The van der Waals surface area contributed by atoms with Crippen molar-refractivity contribution in [3.63, 3.8) is 0 Å². The Morgan fingerprint density at radius 2 is 1.87 bits per heavy atom. The maximum atomic E-state index is 12.9. The zero-order valence-corrected chi connectivity index (χ0v) is 18.5. The van der Waals surface area contributed by atoms with E-state index in [-0.39, 0.29) is 5.91 Å². The minimum Gasteiger partial charge on any atom is -0.296 e. The van der Waals surface area contributed by atoms with Gasteiger partial charge in [-0.05, 0) is 43.7 Å². The van der Waals surface area contributed by atoms with Crippen LogP contribution in [0.15, 0.2) is 58.9 Å². The lowest BCUT2D eigenvalue weighted by molar-refractivity contribution is 0.102. The Labute approximate surface area is 187 Å². The van der Waals surface area contributed by atoms with E-state index in [1.807, 2.05) is 56.3 Å². The van der Waals surface area contributed by atoms with Crippen LogP contribution in [-0.4, -0.2) is 25.9 Å². The number of nitriles is 1. The van der Waals surface area contributed by atoms with E-state index >= 15 is 0 Å². The van der Waals surface area contributed by atoms with Crippen molar-refractivity contribution in [2.75, 3.05) is 5.32 Å². The van der Waals surface area contributed by atoms with Crippen molar-refractivity contribution in [2.24, 2.45) is 0 Å². The van der Waals surface area contributed by atoms with E-state index in [0.717, 1.165) is 21.3 Å². The number of carbonyl (C=O) groups excluding carboxylic acids is 1. The highest BCUT2D eigenvalue weighted by molar-refractivity contribution is 8.00. The summed E-state index contributed by atoms with van der Waals surface area (Å²) in [6.07, 6.45) is 0. The monoisotopic (exact) mass is 446 g/mol. The first-order chi connectivity index (χ1) is 15.0. The maximum Gasteiger partial charge on any atom is 0.261 e. The first-order valence-corrected chi connectivity index (χ1v) is 11.2. The van der Waals surface area contributed by atoms with Crippen LogP contribution in [0.4, 0.5) is 5.13 Å². The number of nitrogens with one attached hydrogen (secondary N) is 1. The molecule has 0 fully saturated rings. The van der Waals surface area contributed by atoms with Crippen molar-refractivity contribution in [1.82, 2.24) is 20.0 Å². The van der Waals surface area contributed by atoms with Crippen LogP contribution in [0.3, 0.4) is 0 Å². The van der Waals surface area contributed by atoms with Gasteiger partial charge in [0.05, 0.1) is 34.3 Å². The predicted molar refractivity (Wildman–Crippen MR) is 122 cm³/mol. The van der Waals surface area contributed by atoms with Gasteiger partial charge in [-0.15, -0.1) is 10.2 Å². The molecule has 0 unspecified atom stereocenters. The average molecular weight is 447 g/mol. The summed E-state index contributed by atoms with van der Waals surface area (Å²) >= 11 is 2.86. The quantitative estimate of drug-likeness (QED) is 0.339. The van der Waals surface area contributed by atoms with Crippen LogP contribution >= 0.6 is 23.1 Å². The van der Waals surface area contributed by atoms with Crippen molar-refractivity contribution >= 4 is 34.1 Å². The van der Waals surface area contributed by atoms with Gasteiger partial charge in [-0.2, -0.15) is 10.4 Å². The minimum absolute atomic E-state index is 0.253. The molecule has 31 heavy (non-hydrogen) atoms. The first kappa shape index (κ1) is 20.8. The van der Waals surface area contributed by atoms with Gasteiger partial charge in [0.2, 0.25) is 5.13 Å². The van der Waals surface area contributed by atoms with E-state index in [4.69, 9.17) is 5.26 Å². The molecule has 0 radical (unpaired) electrons. The number of benzene rings is 2. The average Bonchev–Trinajstić information content (AvgIpc) is 3.36. The molecule has 0 atom stereocenters. The highest BCUT2D eigenvalue weighted by Gasteiger charge is 2.20. The van der Waals surface area contributed by atoms with E-state index < -0.39 is 0 Å². The standard InChI is InChI=1S/C22H18N6OS2/c1-14-19(15(2)28(27-14)18-6-4-3-5-7-18)20(29)24-21-25-26-22(31-21)30-13-17-10-8-16(12-23)9-11-17/h3-11H,13H2,1-2H3,(H,24,25,29). The molecule has 1 amide bonds. The number of carbonyl (C=O) groups is 1. The number of hydrogen-bond acceptors (Lipinski definition) is 7. The van der Waals surface area contributed by atoms with Gasteiger partial charge in [0, 0.05) is 5.75 Å². The molecule has 1 N–H and O–H groups in total. The summed E-state index contributed by atoms with van der Waals surface area (Å²) in [6.45, 7) is 3.70. The fraction of sp³-hybridized carbons (Fsp3) is 0.136. The molecular formula is C22H18N6OS2. The van der Waals surface area contributed by atoms with Gasteiger partial charge in [0.1, 0.15) is 0 Å². The Morgan fingerprint density at radius 1 is 1.13 bits per heavy atom. The minimum atomic E-state index is -0.253. The number of thioether (sulfide) groups is 1. The summed E-state index contributed by atoms with van der Waals surface area (Å²) in [6, 6.07) is 19.2. The van der Waals surface area contributed by atoms with Crippen molar-refractivity contribution < 1.29 is 4.79 Å². The number of anilines is 1. The lowest BCUT2D eigenvalue weighted by Crippen LogP contribution is -2.14. The van der Waals surface area contributed by atoms with E-state index in [1.54, 1.807) is 16.8 Å². The second kappa shape index (κ2) is 9.12. The maximum absolute atomic E-state index is 12.9. The molecule has 0 saturated heterocycles. The second-order valence-electron chi connectivity index (χ2n) is 6.72. The third-order valence-electron chi connectivity index (χ3n) is 4.59. The molecule has 4 aromatic rings. The zero-order chi connectivity index (χ0) is 21.8. The Bertz CT molecular complexity index is 1260. The Balaban J connectivity index is 1.43. The van der Waals surface area contributed by atoms with Gasteiger partial charge >= 0.3 is 0 Å². The van der Waals surface area contributed by atoms with Gasteiger partial charge in [-0.25, -0.2) is 4.68 Å². The number of para-hydroxylation sites is 1. The summed E-state index contributed by atoms with van der Waals surface area (Å²) in [5, 5.41) is 24.9. The largest absolute Gasteiger partial charge is 0.296 e. The van der Waals surface area contributed by atoms with Gasteiger partial charge in [0.15, 0.2) is 4.34 Å². The lowest BCUT2D eigenvalue weighted by atomic mass is 10.2. The number of nitrogens with zero attached hydrogens (tertiary/aromatic N) is 5. The molecule has 0 aliphatic rings. The van der Waals surface area contributed by atoms with Crippen LogP contribution in [-0.2, 0) is 5.75 Å². The highest BCUT2D eigenvalue weighted by atomic mass is 32.2. The number of amides is 1. The third-order valence-corrected chi connectivity index (χ3v) is 6.63. The van der Waals surface area contributed by atoms with Crippen molar-refractivity contribution in [3.05, 3.63) is 82.7 Å². The van der Waals surface area contributed by atoms with Crippen LogP contribution in [0.2, 0.25) is 0 Å². The van der Waals surface area contributed by atoms with Gasteiger partial charge < -0.3 is 0 Å². The van der Waals surface area contributed by atoms with E-state index in [1.165, 1.54) is 23.1 Å². The van der Waals surface area contributed by atoms with Crippen LogP contribution in [0.1, 0.15) is 32.9 Å². The molecule has 0 spiro atoms. The Hall–Kier alpha value is -3.48. The van der Waals surface area contributed by atoms with Crippen molar-refractivity contribution in [2.45, 2.75) is 23.9 Å². The van der Waals surface area contributed by atoms with Gasteiger partial charge in [-0.1, -0.05) is 53.4 Å². The van der Waals surface area contributed by atoms with E-state index in [2.05, 4.69) is 26.7 Å². The first-order valence-electron chi connectivity index (χ1n) is 9.43. The van der Waals surface area contributed by atoms with Crippen LogP contribution in [0, 0.1) is 25.2 Å². The molecule has 154 valence electrons. The topological polar surface area (TPSA) is 96.5 Å². The summed E-state index contributed by atoms with van der Waals surface area (Å²) in [7, 11) is 0. The normalized spacial score (nSPS) is 10.6. The molecule has 4 rings (SSSR count). The van der Waals surface area contributed by atoms with E-state index in [0.29, 0.717) is 27.7 Å². The summed E-state index contributed by atoms with van der Waals surface area (Å²) < 4.78 is 2.52. The van der Waals surface area contributed by atoms with Crippen molar-refractivity contribution in [3.8, 4) is 11.8 Å². The molecule has 0 aliphatic heterocycles. The third kappa shape index (κ3) is 4.66. The highest BCUT2D eigenvalue weighted by Crippen LogP contribution is 2.29. The SMILES string of the molecule is Cc1nn(-c2ccccc2)c(C)c1C(=O)Nc1nnc(SCc2ccc(C#N)cc2)s1. The Morgan fingerprint density at radius 3 is 2.58 bits per heavy atom. The summed E-state index contributed by atoms with van der Waals surface area (Å²) in [4.78, 5) is 12.9. The van der Waals surface area contributed by atoms with E-state index in [9.17, 15) is 4.79 Å².